The maximum atomic E-state index is 5.89. The zero-order chi connectivity index (χ0) is 16.2. The van der Waals surface area contributed by atoms with E-state index in [2.05, 4.69) is 11.9 Å². The second-order valence-corrected chi connectivity index (χ2v) is 5.98. The van der Waals surface area contributed by atoms with Gasteiger partial charge >= 0.3 is 0 Å². The molecule has 0 spiro atoms. The van der Waals surface area contributed by atoms with Crippen LogP contribution in [0.25, 0.3) is 11.5 Å². The van der Waals surface area contributed by atoms with Crippen molar-refractivity contribution in [2.75, 3.05) is 27.4 Å². The molecule has 1 fully saturated rings. The van der Waals surface area contributed by atoms with Crippen LogP contribution in [0.4, 0.5) is 0 Å². The van der Waals surface area contributed by atoms with E-state index in [9.17, 15) is 0 Å². The van der Waals surface area contributed by atoms with Gasteiger partial charge in [-0.1, -0.05) is 12.1 Å². The number of nitrogens with zero attached hydrogens (tertiary/aromatic N) is 2. The van der Waals surface area contributed by atoms with Crippen LogP contribution in [0, 0.1) is 6.92 Å². The van der Waals surface area contributed by atoms with Crippen molar-refractivity contribution in [1.29, 1.82) is 0 Å². The third-order valence-electron chi connectivity index (χ3n) is 4.44. The van der Waals surface area contributed by atoms with Crippen molar-refractivity contribution in [2.24, 2.45) is 0 Å². The number of para-hydroxylation sites is 1. The molecule has 1 aliphatic rings. The average molecular weight is 316 g/mol. The SMILES string of the molecule is COc1ccccc1-c1nc(CN(C)C2CCOCC2)c(C)o1. The topological polar surface area (TPSA) is 47.7 Å². The zero-order valence-corrected chi connectivity index (χ0v) is 14.0. The Morgan fingerprint density at radius 1 is 1.26 bits per heavy atom. The van der Waals surface area contributed by atoms with Crippen LogP contribution in [0.15, 0.2) is 28.7 Å². The fourth-order valence-electron chi connectivity index (χ4n) is 3.00. The van der Waals surface area contributed by atoms with Gasteiger partial charge in [0.15, 0.2) is 0 Å². The maximum Gasteiger partial charge on any atom is 0.230 e. The van der Waals surface area contributed by atoms with Gasteiger partial charge < -0.3 is 13.9 Å². The molecule has 0 radical (unpaired) electrons. The number of aryl methyl sites for hydroxylation is 1. The number of oxazole rings is 1. The van der Waals surface area contributed by atoms with Crippen molar-refractivity contribution >= 4 is 0 Å². The summed E-state index contributed by atoms with van der Waals surface area (Å²) in [4.78, 5) is 7.05. The Kier molecular flexibility index (Phi) is 4.98. The molecule has 0 unspecified atom stereocenters. The summed E-state index contributed by atoms with van der Waals surface area (Å²) in [6, 6.07) is 8.34. The summed E-state index contributed by atoms with van der Waals surface area (Å²) in [5.74, 6) is 2.26. The quantitative estimate of drug-likeness (QED) is 0.847. The molecular formula is C18H24N2O3. The van der Waals surface area contributed by atoms with Gasteiger partial charge in [-0.05, 0) is 38.9 Å². The number of methoxy groups -OCH3 is 1. The van der Waals surface area contributed by atoms with Gasteiger partial charge in [0.2, 0.25) is 5.89 Å². The zero-order valence-electron chi connectivity index (χ0n) is 14.0. The fourth-order valence-corrected chi connectivity index (χ4v) is 3.00. The van der Waals surface area contributed by atoms with Gasteiger partial charge in [0.05, 0.1) is 18.4 Å². The molecule has 1 aromatic carbocycles. The molecule has 124 valence electrons. The van der Waals surface area contributed by atoms with Crippen molar-refractivity contribution in [3.63, 3.8) is 0 Å². The van der Waals surface area contributed by atoms with Crippen LogP contribution in [0.2, 0.25) is 0 Å². The Morgan fingerprint density at radius 3 is 2.74 bits per heavy atom. The third-order valence-corrected chi connectivity index (χ3v) is 4.44. The highest BCUT2D eigenvalue weighted by Crippen LogP contribution is 2.30. The number of ether oxygens (including phenoxy) is 2. The highest BCUT2D eigenvalue weighted by atomic mass is 16.5. The number of aromatic nitrogens is 1. The third kappa shape index (κ3) is 3.57. The summed E-state index contributed by atoms with van der Waals surface area (Å²) in [5, 5.41) is 0. The molecule has 0 aliphatic carbocycles. The van der Waals surface area contributed by atoms with Crippen molar-refractivity contribution < 1.29 is 13.9 Å². The number of benzene rings is 1. The lowest BCUT2D eigenvalue weighted by Gasteiger charge is -2.30. The normalized spacial score (nSPS) is 16.0. The molecule has 5 heteroatoms. The van der Waals surface area contributed by atoms with Crippen LogP contribution >= 0.6 is 0 Å². The molecule has 0 saturated carbocycles. The minimum Gasteiger partial charge on any atom is -0.496 e. The molecule has 5 nitrogen and oxygen atoms in total. The van der Waals surface area contributed by atoms with E-state index in [-0.39, 0.29) is 0 Å². The Bertz CT molecular complexity index is 647. The lowest BCUT2D eigenvalue weighted by atomic mass is 10.1. The first-order valence-electron chi connectivity index (χ1n) is 8.06. The summed E-state index contributed by atoms with van der Waals surface area (Å²) in [5.41, 5.74) is 1.87. The van der Waals surface area contributed by atoms with Crippen molar-refractivity contribution in [2.45, 2.75) is 32.4 Å². The monoisotopic (exact) mass is 316 g/mol. The van der Waals surface area contributed by atoms with Crippen LogP contribution in [-0.2, 0) is 11.3 Å². The molecule has 0 atom stereocenters. The Morgan fingerprint density at radius 2 is 2.00 bits per heavy atom. The molecule has 1 saturated heterocycles. The standard InChI is InChI=1S/C18H24N2O3/c1-13-16(12-20(2)14-8-10-22-11-9-14)19-18(23-13)15-6-4-5-7-17(15)21-3/h4-7,14H,8-12H2,1-3H3. The molecule has 2 heterocycles. The summed E-state index contributed by atoms with van der Waals surface area (Å²) in [7, 11) is 3.81. The second kappa shape index (κ2) is 7.15. The van der Waals surface area contributed by atoms with E-state index in [0.29, 0.717) is 11.9 Å². The van der Waals surface area contributed by atoms with E-state index in [1.165, 1.54) is 0 Å². The largest absolute Gasteiger partial charge is 0.496 e. The van der Waals surface area contributed by atoms with E-state index in [4.69, 9.17) is 18.9 Å². The summed E-state index contributed by atoms with van der Waals surface area (Å²) in [6.45, 7) is 4.45. The molecule has 23 heavy (non-hydrogen) atoms. The van der Waals surface area contributed by atoms with Gasteiger partial charge in [-0.3, -0.25) is 4.90 Å². The number of hydrogen-bond donors (Lipinski definition) is 0. The summed E-state index contributed by atoms with van der Waals surface area (Å²) >= 11 is 0. The van der Waals surface area contributed by atoms with Crippen LogP contribution in [0.5, 0.6) is 5.75 Å². The first kappa shape index (κ1) is 16.0. The molecule has 0 N–H and O–H groups in total. The van der Waals surface area contributed by atoms with Gasteiger partial charge in [0.25, 0.3) is 0 Å². The van der Waals surface area contributed by atoms with Crippen LogP contribution in [0.3, 0.4) is 0 Å². The van der Waals surface area contributed by atoms with Gasteiger partial charge in [-0.15, -0.1) is 0 Å². The second-order valence-electron chi connectivity index (χ2n) is 5.98. The highest BCUT2D eigenvalue weighted by Gasteiger charge is 2.21. The lowest BCUT2D eigenvalue weighted by Crippen LogP contribution is -2.36. The smallest absolute Gasteiger partial charge is 0.230 e. The summed E-state index contributed by atoms with van der Waals surface area (Å²) in [6.07, 6.45) is 2.15. The van der Waals surface area contributed by atoms with Crippen molar-refractivity contribution in [1.82, 2.24) is 9.88 Å². The number of rotatable bonds is 5. The summed E-state index contributed by atoms with van der Waals surface area (Å²) < 4.78 is 16.7. The van der Waals surface area contributed by atoms with Gasteiger partial charge in [-0.25, -0.2) is 4.98 Å². The molecule has 1 aromatic heterocycles. The van der Waals surface area contributed by atoms with Crippen LogP contribution < -0.4 is 4.74 Å². The maximum absolute atomic E-state index is 5.89. The van der Waals surface area contributed by atoms with E-state index in [1.807, 2.05) is 31.2 Å². The Balaban J connectivity index is 1.78. The molecule has 1 aliphatic heterocycles. The van der Waals surface area contributed by atoms with E-state index in [1.54, 1.807) is 7.11 Å². The lowest BCUT2D eigenvalue weighted by molar-refractivity contribution is 0.0402. The minimum absolute atomic E-state index is 0.551. The molecule has 0 bridgehead atoms. The van der Waals surface area contributed by atoms with Crippen LogP contribution in [0.1, 0.15) is 24.3 Å². The first-order valence-corrected chi connectivity index (χ1v) is 8.06. The predicted octanol–water partition coefficient (Wildman–Crippen LogP) is 3.27. The van der Waals surface area contributed by atoms with Crippen molar-refractivity contribution in [3.8, 4) is 17.2 Å². The van der Waals surface area contributed by atoms with Gasteiger partial charge in [0.1, 0.15) is 11.5 Å². The van der Waals surface area contributed by atoms with Gasteiger partial charge in [0, 0.05) is 25.8 Å². The number of hydrogen-bond acceptors (Lipinski definition) is 5. The van der Waals surface area contributed by atoms with Crippen LogP contribution in [-0.4, -0.2) is 43.3 Å². The molecule has 3 rings (SSSR count). The fraction of sp³-hybridized carbons (Fsp3) is 0.500. The molecule has 0 amide bonds. The highest BCUT2D eigenvalue weighted by molar-refractivity contribution is 5.62. The van der Waals surface area contributed by atoms with E-state index in [0.717, 1.165) is 55.4 Å². The Labute approximate surface area is 137 Å². The van der Waals surface area contributed by atoms with Crippen molar-refractivity contribution in [3.05, 3.63) is 35.7 Å². The van der Waals surface area contributed by atoms with Gasteiger partial charge in [-0.2, -0.15) is 0 Å². The van der Waals surface area contributed by atoms with E-state index >= 15 is 0 Å². The minimum atomic E-state index is 0.551. The molecule has 2 aromatic rings. The molecular weight excluding hydrogens is 292 g/mol. The van der Waals surface area contributed by atoms with E-state index < -0.39 is 0 Å². The first-order chi connectivity index (χ1) is 11.2. The Hall–Kier alpha value is -1.85. The predicted molar refractivity (Wildman–Crippen MR) is 88.5 cm³/mol. The average Bonchev–Trinajstić information content (AvgIpc) is 2.96.